The summed E-state index contributed by atoms with van der Waals surface area (Å²) in [7, 11) is 0. The number of aryl methyl sites for hydroxylation is 1. The van der Waals surface area contributed by atoms with Gasteiger partial charge in [-0.1, -0.05) is 24.3 Å². The quantitative estimate of drug-likeness (QED) is 0.853. The lowest BCUT2D eigenvalue weighted by Crippen LogP contribution is -2.46. The van der Waals surface area contributed by atoms with Crippen LogP contribution in [-0.2, 0) is 0 Å². The molecule has 1 heterocycles. The van der Waals surface area contributed by atoms with Crippen LogP contribution in [0.15, 0.2) is 30.5 Å². The van der Waals surface area contributed by atoms with Gasteiger partial charge in [0, 0.05) is 12.1 Å². The Bertz CT molecular complexity index is 653. The van der Waals surface area contributed by atoms with E-state index in [0.717, 1.165) is 17.7 Å². The van der Waals surface area contributed by atoms with Crippen LogP contribution in [0.2, 0.25) is 0 Å². The number of rotatable bonds is 6. The molecule has 0 aliphatic rings. The first-order valence-electron chi connectivity index (χ1n) is 7.40. The number of aliphatic hydroxyl groups excluding tert-OH is 1. The van der Waals surface area contributed by atoms with Crippen molar-refractivity contribution in [2.24, 2.45) is 0 Å². The van der Waals surface area contributed by atoms with Crippen LogP contribution in [0.1, 0.15) is 42.7 Å². The first kappa shape index (κ1) is 16.2. The van der Waals surface area contributed by atoms with Gasteiger partial charge in [0.15, 0.2) is 5.69 Å². The maximum atomic E-state index is 12.3. The van der Waals surface area contributed by atoms with Gasteiger partial charge in [0.05, 0.1) is 11.9 Å². The lowest BCUT2D eigenvalue weighted by atomic mass is 9.95. The number of nitrogens with zero attached hydrogens (tertiary/aromatic N) is 3. The third kappa shape index (κ3) is 3.71. The van der Waals surface area contributed by atoms with Crippen molar-refractivity contribution in [3.05, 3.63) is 41.7 Å². The number of hydrogen-bond acceptors (Lipinski definition) is 4. The molecule has 0 bridgehead atoms. The molecule has 22 heavy (non-hydrogen) atoms. The number of carbonyl (C=O) groups is 1. The van der Waals surface area contributed by atoms with E-state index in [2.05, 4.69) is 15.6 Å². The molecule has 0 spiro atoms. The van der Waals surface area contributed by atoms with E-state index in [9.17, 15) is 4.79 Å². The molecule has 0 saturated carbocycles. The normalized spacial score (nSPS) is 13.6. The first-order chi connectivity index (χ1) is 10.5. The van der Waals surface area contributed by atoms with E-state index in [0.29, 0.717) is 6.42 Å². The summed E-state index contributed by atoms with van der Waals surface area (Å²) in [6, 6.07) is 7.81. The molecule has 2 rings (SSSR count). The van der Waals surface area contributed by atoms with Crippen LogP contribution in [-0.4, -0.2) is 38.2 Å². The summed E-state index contributed by atoms with van der Waals surface area (Å²) < 4.78 is 1.58. The molecule has 0 radical (unpaired) electrons. The molecule has 1 atom stereocenters. The zero-order valence-electron chi connectivity index (χ0n) is 13.2. The molecule has 0 aliphatic carbocycles. The highest BCUT2D eigenvalue weighted by Gasteiger charge is 2.25. The first-order valence-corrected chi connectivity index (χ1v) is 7.40. The van der Waals surface area contributed by atoms with Crippen LogP contribution in [0.4, 0.5) is 0 Å². The SMILES string of the molecule is CCC(C)(CCO)NC(=O)c1cn(-c2cccc(C)c2)nn1. The van der Waals surface area contributed by atoms with Crippen molar-refractivity contribution in [1.29, 1.82) is 0 Å². The molecule has 6 heteroatoms. The van der Waals surface area contributed by atoms with Crippen LogP contribution in [0.5, 0.6) is 0 Å². The Hall–Kier alpha value is -2.21. The molecule has 0 saturated heterocycles. The van der Waals surface area contributed by atoms with Crippen LogP contribution < -0.4 is 5.32 Å². The number of amides is 1. The summed E-state index contributed by atoms with van der Waals surface area (Å²) in [6.07, 6.45) is 2.84. The molecule has 1 amide bonds. The van der Waals surface area contributed by atoms with Gasteiger partial charge in [0.1, 0.15) is 0 Å². The summed E-state index contributed by atoms with van der Waals surface area (Å²) >= 11 is 0. The molecule has 6 nitrogen and oxygen atoms in total. The van der Waals surface area contributed by atoms with Gasteiger partial charge in [-0.3, -0.25) is 4.79 Å². The van der Waals surface area contributed by atoms with Crippen LogP contribution >= 0.6 is 0 Å². The fraction of sp³-hybridized carbons (Fsp3) is 0.438. The van der Waals surface area contributed by atoms with Crippen LogP contribution in [0.25, 0.3) is 5.69 Å². The Labute approximate surface area is 130 Å². The number of nitrogens with one attached hydrogen (secondary N) is 1. The van der Waals surface area contributed by atoms with E-state index in [-0.39, 0.29) is 18.2 Å². The lowest BCUT2D eigenvalue weighted by molar-refractivity contribution is 0.0881. The molecule has 2 aromatic rings. The fourth-order valence-electron chi connectivity index (χ4n) is 2.18. The predicted molar refractivity (Wildman–Crippen MR) is 84.0 cm³/mol. The molecule has 1 aromatic heterocycles. The van der Waals surface area contributed by atoms with Crippen molar-refractivity contribution in [2.75, 3.05) is 6.61 Å². The smallest absolute Gasteiger partial charge is 0.273 e. The number of carbonyl (C=O) groups excluding carboxylic acids is 1. The Balaban J connectivity index is 2.16. The van der Waals surface area contributed by atoms with E-state index < -0.39 is 5.54 Å². The monoisotopic (exact) mass is 302 g/mol. The lowest BCUT2D eigenvalue weighted by Gasteiger charge is -2.28. The number of aromatic nitrogens is 3. The van der Waals surface area contributed by atoms with Crippen LogP contribution in [0.3, 0.4) is 0 Å². The number of hydrogen-bond donors (Lipinski definition) is 2. The molecule has 0 fully saturated rings. The Kier molecular flexibility index (Phi) is 4.92. The molecule has 0 aliphatic heterocycles. The summed E-state index contributed by atoms with van der Waals surface area (Å²) in [5.74, 6) is -0.281. The summed E-state index contributed by atoms with van der Waals surface area (Å²) in [4.78, 5) is 12.3. The van der Waals surface area contributed by atoms with Crippen molar-refractivity contribution in [3.8, 4) is 5.69 Å². The van der Waals surface area contributed by atoms with Crippen molar-refractivity contribution >= 4 is 5.91 Å². The minimum atomic E-state index is -0.445. The topological polar surface area (TPSA) is 80.0 Å². The van der Waals surface area contributed by atoms with Gasteiger partial charge in [-0.25, -0.2) is 4.68 Å². The van der Waals surface area contributed by atoms with Gasteiger partial charge in [-0.15, -0.1) is 5.10 Å². The molecular weight excluding hydrogens is 280 g/mol. The summed E-state index contributed by atoms with van der Waals surface area (Å²) in [5.41, 5.74) is 1.79. The highest BCUT2D eigenvalue weighted by molar-refractivity contribution is 5.92. The Morgan fingerprint density at radius 2 is 2.23 bits per heavy atom. The third-order valence-electron chi connectivity index (χ3n) is 3.85. The zero-order chi connectivity index (χ0) is 16.2. The predicted octanol–water partition coefficient (Wildman–Crippen LogP) is 1.86. The molecule has 1 unspecified atom stereocenters. The molecule has 118 valence electrons. The Morgan fingerprint density at radius 3 is 2.86 bits per heavy atom. The fourth-order valence-corrected chi connectivity index (χ4v) is 2.18. The maximum absolute atomic E-state index is 12.3. The van der Waals surface area contributed by atoms with Gasteiger partial charge < -0.3 is 10.4 Å². The van der Waals surface area contributed by atoms with Gasteiger partial charge >= 0.3 is 0 Å². The van der Waals surface area contributed by atoms with E-state index in [1.807, 2.05) is 45.0 Å². The number of aliphatic hydroxyl groups is 1. The number of benzene rings is 1. The standard InChI is InChI=1S/C16H22N4O2/c1-4-16(3,8-9-21)17-15(22)14-11-20(19-18-14)13-7-5-6-12(2)10-13/h5-7,10-11,21H,4,8-9H2,1-3H3,(H,17,22). The third-order valence-corrected chi connectivity index (χ3v) is 3.85. The van der Waals surface area contributed by atoms with Crippen molar-refractivity contribution < 1.29 is 9.90 Å². The van der Waals surface area contributed by atoms with E-state index in [4.69, 9.17) is 5.11 Å². The summed E-state index contributed by atoms with van der Waals surface area (Å²) in [6.45, 7) is 5.90. The minimum absolute atomic E-state index is 0.0284. The highest BCUT2D eigenvalue weighted by Crippen LogP contribution is 2.15. The van der Waals surface area contributed by atoms with Crippen molar-refractivity contribution in [3.63, 3.8) is 0 Å². The van der Waals surface area contributed by atoms with E-state index >= 15 is 0 Å². The molecular formula is C16H22N4O2. The summed E-state index contributed by atoms with van der Waals surface area (Å²) in [5, 5.41) is 20.0. The van der Waals surface area contributed by atoms with Crippen molar-refractivity contribution in [1.82, 2.24) is 20.3 Å². The second-order valence-corrected chi connectivity index (χ2v) is 5.73. The average Bonchev–Trinajstić information content (AvgIpc) is 2.97. The van der Waals surface area contributed by atoms with Gasteiger partial charge in [-0.05, 0) is 44.4 Å². The van der Waals surface area contributed by atoms with Gasteiger partial charge in [0.2, 0.25) is 0 Å². The van der Waals surface area contributed by atoms with E-state index in [1.54, 1.807) is 10.9 Å². The molecule has 2 N–H and O–H groups in total. The molecule has 1 aromatic carbocycles. The second-order valence-electron chi connectivity index (χ2n) is 5.73. The van der Waals surface area contributed by atoms with E-state index in [1.165, 1.54) is 0 Å². The Morgan fingerprint density at radius 1 is 1.45 bits per heavy atom. The minimum Gasteiger partial charge on any atom is -0.396 e. The average molecular weight is 302 g/mol. The van der Waals surface area contributed by atoms with Gasteiger partial charge in [-0.2, -0.15) is 0 Å². The maximum Gasteiger partial charge on any atom is 0.273 e. The zero-order valence-corrected chi connectivity index (χ0v) is 13.2. The highest BCUT2D eigenvalue weighted by atomic mass is 16.3. The second kappa shape index (κ2) is 6.70. The largest absolute Gasteiger partial charge is 0.396 e. The van der Waals surface area contributed by atoms with Gasteiger partial charge in [0.25, 0.3) is 5.91 Å². The van der Waals surface area contributed by atoms with Crippen molar-refractivity contribution in [2.45, 2.75) is 39.2 Å². The van der Waals surface area contributed by atoms with Crippen LogP contribution in [0, 0.1) is 6.92 Å².